The third-order valence-corrected chi connectivity index (χ3v) is 12.3. The highest BCUT2D eigenvalue weighted by atomic mass is 16.7. The van der Waals surface area contributed by atoms with Crippen molar-refractivity contribution in [3.63, 3.8) is 0 Å². The van der Waals surface area contributed by atoms with E-state index >= 15 is 0 Å². The number of ketones is 1. The second-order valence-corrected chi connectivity index (χ2v) is 13.9. The third kappa shape index (κ3) is 3.70. The second-order valence-electron chi connectivity index (χ2n) is 13.9. The molecule has 38 heavy (non-hydrogen) atoms. The van der Waals surface area contributed by atoms with Crippen molar-refractivity contribution in [2.75, 3.05) is 7.11 Å². The molecule has 4 fully saturated rings. The Morgan fingerprint density at radius 2 is 1.87 bits per heavy atom. The van der Waals surface area contributed by atoms with Crippen LogP contribution in [0.2, 0.25) is 0 Å². The molecule has 216 valence electrons. The summed E-state index contributed by atoms with van der Waals surface area (Å²) in [4.78, 5) is 13.4. The molecule has 8 heteroatoms. The maximum absolute atomic E-state index is 13.4. The summed E-state index contributed by atoms with van der Waals surface area (Å²) in [5.41, 5.74) is -3.44. The molecule has 1 heterocycles. The van der Waals surface area contributed by atoms with Crippen LogP contribution in [-0.2, 0) is 14.3 Å². The minimum absolute atomic E-state index is 0.0221. The lowest BCUT2D eigenvalue weighted by molar-refractivity contribution is -0.214. The number of hydrogen-bond donors (Lipinski definition) is 5. The van der Waals surface area contributed by atoms with Crippen LogP contribution < -0.4 is 0 Å². The van der Waals surface area contributed by atoms with Crippen molar-refractivity contribution < 1.29 is 39.8 Å². The predicted octanol–water partition coefficient (Wildman–Crippen LogP) is 2.34. The lowest BCUT2D eigenvalue weighted by atomic mass is 9.45. The molecule has 3 saturated carbocycles. The first-order valence-corrected chi connectivity index (χ1v) is 14.6. The molecule has 0 amide bonds. The van der Waals surface area contributed by atoms with Gasteiger partial charge in [-0.25, -0.2) is 0 Å². The lowest BCUT2D eigenvalue weighted by Gasteiger charge is -2.60. The van der Waals surface area contributed by atoms with Crippen LogP contribution in [0.5, 0.6) is 0 Å². The molecule has 0 aromatic rings. The zero-order chi connectivity index (χ0) is 28.0. The number of hydrogen-bond acceptors (Lipinski definition) is 8. The van der Waals surface area contributed by atoms with Gasteiger partial charge in [0.25, 0.3) is 0 Å². The average molecular weight is 537 g/mol. The van der Waals surface area contributed by atoms with Crippen molar-refractivity contribution in [3.05, 3.63) is 11.6 Å². The zero-order valence-corrected chi connectivity index (χ0v) is 23.8. The van der Waals surface area contributed by atoms with Gasteiger partial charge >= 0.3 is 0 Å². The van der Waals surface area contributed by atoms with Gasteiger partial charge in [0.1, 0.15) is 6.10 Å². The van der Waals surface area contributed by atoms with E-state index in [1.165, 1.54) is 0 Å². The first kappa shape index (κ1) is 28.7. The van der Waals surface area contributed by atoms with Gasteiger partial charge in [-0.1, -0.05) is 34.1 Å². The molecule has 1 unspecified atom stereocenters. The van der Waals surface area contributed by atoms with E-state index < -0.39 is 58.7 Å². The van der Waals surface area contributed by atoms with Gasteiger partial charge in [-0.2, -0.15) is 0 Å². The summed E-state index contributed by atoms with van der Waals surface area (Å²) in [6.45, 7) is 9.78. The summed E-state index contributed by atoms with van der Waals surface area (Å²) >= 11 is 0. The van der Waals surface area contributed by atoms with Crippen LogP contribution >= 0.6 is 0 Å². The molecular weight excluding hydrogens is 488 g/mol. The Kier molecular flexibility index (Phi) is 7.03. The van der Waals surface area contributed by atoms with Crippen LogP contribution in [0.3, 0.4) is 0 Å². The highest BCUT2D eigenvalue weighted by Crippen LogP contribution is 2.68. The van der Waals surface area contributed by atoms with E-state index in [0.29, 0.717) is 37.7 Å². The Morgan fingerprint density at radius 3 is 2.50 bits per heavy atom. The van der Waals surface area contributed by atoms with Gasteiger partial charge in [0.2, 0.25) is 0 Å². The summed E-state index contributed by atoms with van der Waals surface area (Å²) in [7, 11) is 1.59. The fourth-order valence-corrected chi connectivity index (χ4v) is 9.91. The van der Waals surface area contributed by atoms with Gasteiger partial charge in [0.05, 0.1) is 29.5 Å². The number of allylic oxidation sites excluding steroid dienone is 1. The highest BCUT2D eigenvalue weighted by Gasteiger charge is 2.70. The van der Waals surface area contributed by atoms with E-state index in [4.69, 9.17) is 9.47 Å². The normalized spacial score (nSPS) is 53.0. The van der Waals surface area contributed by atoms with Crippen molar-refractivity contribution in [2.45, 2.75) is 121 Å². The Labute approximate surface area is 226 Å². The summed E-state index contributed by atoms with van der Waals surface area (Å²) in [5.74, 6) is -0.898. The topological polar surface area (TPSA) is 137 Å². The molecule has 4 aliphatic carbocycles. The molecule has 0 spiro atoms. The smallest absolute Gasteiger partial charge is 0.160 e. The number of ether oxygens (including phenoxy) is 2. The number of methoxy groups -OCH3 is 1. The fraction of sp³-hybridized carbons (Fsp3) is 0.900. The maximum Gasteiger partial charge on any atom is 0.160 e. The molecular formula is C30H48O8. The van der Waals surface area contributed by atoms with Crippen molar-refractivity contribution in [3.8, 4) is 0 Å². The highest BCUT2D eigenvalue weighted by molar-refractivity contribution is 5.95. The molecule has 5 N–H and O–H groups in total. The largest absolute Gasteiger partial charge is 0.390 e. The Morgan fingerprint density at radius 1 is 1.18 bits per heavy atom. The van der Waals surface area contributed by atoms with Crippen LogP contribution in [0.4, 0.5) is 0 Å². The number of fused-ring (bicyclic) bond motifs is 5. The van der Waals surface area contributed by atoms with E-state index in [9.17, 15) is 30.3 Å². The molecule has 1 saturated heterocycles. The van der Waals surface area contributed by atoms with E-state index in [-0.39, 0.29) is 35.9 Å². The first-order chi connectivity index (χ1) is 17.7. The van der Waals surface area contributed by atoms with E-state index in [2.05, 4.69) is 6.92 Å². The number of carbonyl (C=O) groups is 1. The monoisotopic (exact) mass is 536 g/mol. The minimum atomic E-state index is -1.54. The molecule has 0 radical (unpaired) electrons. The van der Waals surface area contributed by atoms with E-state index in [0.717, 1.165) is 6.42 Å². The average Bonchev–Trinajstić information content (AvgIpc) is 3.33. The molecule has 14 atom stereocenters. The molecule has 0 aromatic carbocycles. The van der Waals surface area contributed by atoms with Crippen molar-refractivity contribution in [1.82, 2.24) is 0 Å². The molecule has 0 aromatic heterocycles. The van der Waals surface area contributed by atoms with Gasteiger partial charge in [-0.3, -0.25) is 4.79 Å². The van der Waals surface area contributed by atoms with Crippen LogP contribution in [0.25, 0.3) is 0 Å². The van der Waals surface area contributed by atoms with Crippen molar-refractivity contribution >= 4 is 5.78 Å². The third-order valence-electron chi connectivity index (χ3n) is 12.3. The zero-order valence-electron chi connectivity index (χ0n) is 23.8. The van der Waals surface area contributed by atoms with Gasteiger partial charge in [0.15, 0.2) is 12.1 Å². The number of aliphatic hydroxyl groups is 5. The molecule has 5 aliphatic rings. The maximum atomic E-state index is 13.4. The minimum Gasteiger partial charge on any atom is -0.390 e. The lowest BCUT2D eigenvalue weighted by Crippen LogP contribution is -2.63. The van der Waals surface area contributed by atoms with Gasteiger partial charge in [-0.15, -0.1) is 0 Å². The predicted molar refractivity (Wildman–Crippen MR) is 140 cm³/mol. The van der Waals surface area contributed by atoms with Crippen LogP contribution in [0.1, 0.15) is 79.6 Å². The summed E-state index contributed by atoms with van der Waals surface area (Å²) in [6.07, 6.45) is 1.14. The summed E-state index contributed by atoms with van der Waals surface area (Å²) in [5, 5.41) is 57.0. The number of rotatable bonds is 5. The number of aliphatic hydroxyl groups excluding tert-OH is 3. The Balaban J connectivity index is 1.47. The van der Waals surface area contributed by atoms with Crippen molar-refractivity contribution in [2.24, 2.45) is 40.4 Å². The Hall–Kier alpha value is -0.870. The molecule has 5 rings (SSSR count). The summed E-state index contributed by atoms with van der Waals surface area (Å²) in [6, 6.07) is 0. The van der Waals surface area contributed by atoms with Gasteiger partial charge < -0.3 is 35.0 Å². The van der Waals surface area contributed by atoms with Crippen molar-refractivity contribution in [1.29, 1.82) is 0 Å². The second kappa shape index (κ2) is 9.33. The Bertz CT molecular complexity index is 979. The standard InChI is InChI=1S/C30H48O8/c1-7-16-15(2)26(37-6)38-24(16)25(34)29(5,35)23-9-11-30(36)18-12-20(31)19-13-21(32)22(33)14-27(19,3)17(18)8-10-28(23,30)4/h12,15-17,19,21-26,32-36H,7-11,13-14H2,1-6H3/t15?,16-,17+,19+,21-,22+,23+,24-,25-,26+,27-,28-,29-,30-/m1/s1. The fourth-order valence-electron chi connectivity index (χ4n) is 9.91. The molecule has 0 bridgehead atoms. The molecule has 1 aliphatic heterocycles. The summed E-state index contributed by atoms with van der Waals surface area (Å²) < 4.78 is 11.6. The van der Waals surface area contributed by atoms with Crippen LogP contribution in [0, 0.1) is 40.4 Å². The van der Waals surface area contributed by atoms with E-state index in [1.807, 2.05) is 20.8 Å². The van der Waals surface area contributed by atoms with Gasteiger partial charge in [0, 0.05) is 24.4 Å². The van der Waals surface area contributed by atoms with Crippen LogP contribution in [-0.4, -0.2) is 80.3 Å². The van der Waals surface area contributed by atoms with Crippen LogP contribution in [0.15, 0.2) is 11.6 Å². The van der Waals surface area contributed by atoms with E-state index in [1.54, 1.807) is 20.1 Å². The number of carbonyl (C=O) groups excluding carboxylic acids is 1. The molecule has 8 nitrogen and oxygen atoms in total. The first-order valence-electron chi connectivity index (χ1n) is 14.6. The quantitative estimate of drug-likeness (QED) is 0.361. The van der Waals surface area contributed by atoms with Gasteiger partial charge in [-0.05, 0) is 80.3 Å². The SMILES string of the molecule is CC[C@@H]1C(C)[C@@H](OC)O[C@H]1[C@@H](O)[C@](C)(O)[C@H]1CC[C@@]2(O)C3=CC(=O)[C@@H]4C[C@@H](O)[C@@H](O)C[C@]4(C)[C@H]3CC[C@]12C.